The molecule has 0 radical (unpaired) electrons. The molecule has 20 heteroatoms. The lowest BCUT2D eigenvalue weighted by molar-refractivity contribution is -0.154. The number of likely N-dealkylation sites (tertiary alicyclic amines) is 1. The minimum absolute atomic E-state index is 0.0179. The second kappa shape index (κ2) is 27.5. The molecule has 6 N–H and O–H groups in total. The molecular weight excluding hydrogens is 915 g/mol. The normalized spacial score (nSPS) is 19.5. The first-order valence-electron chi connectivity index (χ1n) is 24.6. The first kappa shape index (κ1) is 56.7. The predicted octanol–water partition coefficient (Wildman–Crippen LogP) is 2.69. The van der Waals surface area contributed by atoms with Crippen molar-refractivity contribution in [1.82, 2.24) is 40.4 Å². The zero-order valence-electron chi connectivity index (χ0n) is 42.2. The predicted molar refractivity (Wildman–Crippen MR) is 273 cm³/mol. The summed E-state index contributed by atoms with van der Waals surface area (Å²) in [5, 5.41) is 11.8. The summed E-state index contributed by atoms with van der Waals surface area (Å²) in [5.41, 5.74) is 9.37. The van der Waals surface area contributed by atoms with E-state index in [4.69, 9.17) is 5.73 Å². The van der Waals surface area contributed by atoms with E-state index in [-0.39, 0.29) is 93.6 Å². The maximum Gasteiger partial charge on any atom is 0.312 e. The van der Waals surface area contributed by atoms with E-state index in [1.165, 1.54) is 15.6 Å². The van der Waals surface area contributed by atoms with Crippen LogP contribution in [0.25, 0.3) is 0 Å². The molecular formula is C50H77N11O8S. The number of guanidine groups is 1. The lowest BCUT2D eigenvalue weighted by Gasteiger charge is -2.38. The van der Waals surface area contributed by atoms with Gasteiger partial charge in [-0.15, -0.1) is 0 Å². The summed E-state index contributed by atoms with van der Waals surface area (Å²) in [6, 6.07) is 7.35. The van der Waals surface area contributed by atoms with E-state index >= 15 is 0 Å². The summed E-state index contributed by atoms with van der Waals surface area (Å²) in [4.78, 5) is 111. The Labute approximate surface area is 418 Å². The second-order valence-electron chi connectivity index (χ2n) is 19.1. The number of hydrogen-bond donors (Lipinski definition) is 5. The zero-order valence-corrected chi connectivity index (χ0v) is 43.1. The van der Waals surface area contributed by atoms with Crippen molar-refractivity contribution in [3.63, 3.8) is 0 Å². The molecule has 4 saturated heterocycles. The molecule has 0 spiro atoms. The molecule has 3 atom stereocenters. The fourth-order valence-electron chi connectivity index (χ4n) is 8.97. The van der Waals surface area contributed by atoms with Crippen LogP contribution in [-0.4, -0.2) is 167 Å². The fraction of sp³-hybridized carbons (Fsp3) is 0.620. The molecule has 1 aromatic carbocycles. The monoisotopic (exact) mass is 992 g/mol. The van der Waals surface area contributed by atoms with Crippen molar-refractivity contribution in [2.75, 3.05) is 89.6 Å². The molecule has 19 nitrogen and oxygen atoms in total. The third kappa shape index (κ3) is 17.5. The van der Waals surface area contributed by atoms with Crippen LogP contribution < -0.4 is 27.0 Å². The molecule has 70 heavy (non-hydrogen) atoms. The van der Waals surface area contributed by atoms with Gasteiger partial charge in [0.2, 0.25) is 29.5 Å². The Bertz CT molecular complexity index is 2060. The lowest BCUT2D eigenvalue weighted by Crippen LogP contribution is -2.57. The van der Waals surface area contributed by atoms with E-state index < -0.39 is 11.8 Å². The van der Waals surface area contributed by atoms with E-state index in [9.17, 15) is 38.4 Å². The highest BCUT2D eigenvalue weighted by Gasteiger charge is 2.44. The summed E-state index contributed by atoms with van der Waals surface area (Å²) >= 11 is 2.01. The highest BCUT2D eigenvalue weighted by atomic mass is 32.2. The number of Topliss-reactive ketones (excluding diaryl/α,β-unsaturated/α-hetero) is 1. The van der Waals surface area contributed by atoms with Gasteiger partial charge in [0.05, 0.1) is 13.1 Å². The number of nitrogens with zero attached hydrogens (tertiary/aromatic N) is 6. The van der Waals surface area contributed by atoms with Crippen LogP contribution in [0.4, 0.5) is 5.69 Å². The van der Waals surface area contributed by atoms with Crippen LogP contribution in [-0.2, 0) is 44.9 Å². The summed E-state index contributed by atoms with van der Waals surface area (Å²) in [6.07, 6.45) is 4.08. The molecule has 0 bridgehead atoms. The number of hydrogen-bond acceptors (Lipinski definition) is 11. The standard InChI is InChI=1S/C39H57N11O7.C11H20OS/c1-4-5-7-32(51)42-25-30-10-12-31(13-11-30)45-39(40)44-27-36(55)47-18-22-49(23-19-47)38(57)37(56)48-20-16-46(17-21-48)29(3)24-41-34(53)26-43-33(52)8-6-15-50-28(2)9-14-35(50)54;1-7(8(2)12)10-9(3)13-6-11(10,4)5/h10-13H,2-9,14-27H2,1H3,(H,41,53)(H,42,51)(H,43,52)(H3,40,44,45);7,9-10H,6H2,1-5H3. The van der Waals surface area contributed by atoms with Crippen LogP contribution in [0.1, 0.15) is 92.1 Å². The van der Waals surface area contributed by atoms with Gasteiger partial charge in [0.25, 0.3) is 0 Å². The number of nitrogens with two attached hydrogens (primary N) is 1. The van der Waals surface area contributed by atoms with Crippen LogP contribution in [0, 0.1) is 17.3 Å². The van der Waals surface area contributed by atoms with Crippen LogP contribution in [0.3, 0.4) is 0 Å². The van der Waals surface area contributed by atoms with E-state index in [1.54, 1.807) is 16.7 Å². The lowest BCUT2D eigenvalue weighted by atomic mass is 9.71. The number of unbranched alkanes of at least 4 members (excludes halogenated alkanes) is 1. The SMILES string of the molecule is C=C(CNC(=O)CNC(=O)CCCN1C(=C)CCC1=O)N1CCN(C(=O)C(=O)N2CCN(C(=O)CN=C(N)Nc3ccc(CNC(=O)CCCC)cc3)CC2)CC1.CC(=O)C(C)C1C(C)SCC1(C)C. The first-order chi connectivity index (χ1) is 33.2. The number of nitrogens with one attached hydrogen (secondary N) is 4. The summed E-state index contributed by atoms with van der Waals surface area (Å²) in [7, 11) is 0. The second-order valence-corrected chi connectivity index (χ2v) is 20.5. The molecule has 4 fully saturated rings. The van der Waals surface area contributed by atoms with Crippen LogP contribution in [0.2, 0.25) is 0 Å². The molecule has 4 aliphatic heterocycles. The number of benzene rings is 1. The van der Waals surface area contributed by atoms with Gasteiger partial charge in [-0.3, -0.25) is 38.4 Å². The van der Waals surface area contributed by atoms with Crippen molar-refractivity contribution in [3.8, 4) is 0 Å². The van der Waals surface area contributed by atoms with Crippen LogP contribution in [0.15, 0.2) is 53.8 Å². The highest BCUT2D eigenvalue weighted by molar-refractivity contribution is 8.00. The Morgan fingerprint density at radius 2 is 1.37 bits per heavy atom. The quantitative estimate of drug-likeness (QED) is 0.0765. The van der Waals surface area contributed by atoms with Crippen molar-refractivity contribution >= 4 is 70.5 Å². The molecule has 0 saturated carbocycles. The smallest absolute Gasteiger partial charge is 0.312 e. The van der Waals surface area contributed by atoms with Crippen molar-refractivity contribution in [1.29, 1.82) is 0 Å². The van der Waals surface area contributed by atoms with E-state index in [0.717, 1.165) is 24.1 Å². The maximum absolute atomic E-state index is 13.1. The van der Waals surface area contributed by atoms with E-state index in [2.05, 4.69) is 67.1 Å². The van der Waals surface area contributed by atoms with Gasteiger partial charge in [-0.2, -0.15) is 11.8 Å². The van der Waals surface area contributed by atoms with Crippen molar-refractivity contribution in [2.45, 2.75) is 98.3 Å². The molecule has 4 aliphatic rings. The number of amides is 7. The molecule has 4 heterocycles. The van der Waals surface area contributed by atoms with Crippen LogP contribution >= 0.6 is 11.8 Å². The summed E-state index contributed by atoms with van der Waals surface area (Å²) < 4.78 is 0. The molecule has 1 aromatic rings. The molecule has 386 valence electrons. The van der Waals surface area contributed by atoms with Crippen LogP contribution in [0.5, 0.6) is 0 Å². The molecule has 3 unspecified atom stereocenters. The molecule has 0 aromatic heterocycles. The molecule has 5 rings (SSSR count). The number of rotatable bonds is 19. The van der Waals surface area contributed by atoms with Gasteiger partial charge in [-0.1, -0.05) is 66.3 Å². The van der Waals surface area contributed by atoms with Crippen molar-refractivity contribution in [2.24, 2.45) is 28.0 Å². The summed E-state index contributed by atoms with van der Waals surface area (Å²) in [6.45, 7) is 23.7. The summed E-state index contributed by atoms with van der Waals surface area (Å²) in [5.74, 6) is 0.294. The minimum Gasteiger partial charge on any atom is -0.370 e. The number of ketones is 1. The van der Waals surface area contributed by atoms with Gasteiger partial charge in [0.1, 0.15) is 12.3 Å². The highest BCUT2D eigenvalue weighted by Crippen LogP contribution is 2.49. The van der Waals surface area contributed by atoms with Crippen molar-refractivity contribution in [3.05, 3.63) is 54.4 Å². The van der Waals surface area contributed by atoms with Gasteiger partial charge < -0.3 is 51.5 Å². The average Bonchev–Trinajstić information content (AvgIpc) is 3.82. The minimum atomic E-state index is -0.616. The Balaban J connectivity index is 0.000000707. The van der Waals surface area contributed by atoms with Gasteiger partial charge in [0.15, 0.2) is 5.96 Å². The van der Waals surface area contributed by atoms with Gasteiger partial charge in [-0.05, 0) is 61.0 Å². The van der Waals surface area contributed by atoms with Crippen molar-refractivity contribution < 1.29 is 38.4 Å². The third-order valence-electron chi connectivity index (χ3n) is 13.3. The Kier molecular flexibility index (Phi) is 22.2. The topological polar surface area (TPSA) is 239 Å². The number of carbonyl (C=O) groups is 8. The largest absolute Gasteiger partial charge is 0.370 e. The third-order valence-corrected chi connectivity index (χ3v) is 15.0. The van der Waals surface area contributed by atoms with E-state index in [1.807, 2.05) is 47.9 Å². The van der Waals surface area contributed by atoms with E-state index in [0.29, 0.717) is 98.7 Å². The average molecular weight is 992 g/mol. The Morgan fingerprint density at radius 3 is 1.91 bits per heavy atom. The Hall–Kier alpha value is -5.92. The number of carbonyl (C=O) groups excluding carboxylic acids is 8. The van der Waals surface area contributed by atoms with Gasteiger partial charge >= 0.3 is 11.8 Å². The van der Waals surface area contributed by atoms with Gasteiger partial charge in [-0.25, -0.2) is 4.99 Å². The number of anilines is 1. The molecule has 0 aliphatic carbocycles. The zero-order chi connectivity index (χ0) is 51.5. The number of aliphatic imine (C=N–C) groups is 1. The first-order valence-corrected chi connectivity index (χ1v) is 25.6. The number of piperazine rings is 2. The number of thioether (sulfide) groups is 1. The fourth-order valence-corrected chi connectivity index (χ4v) is 10.7. The number of allylic oxidation sites excluding steroid dienone is 1. The maximum atomic E-state index is 13.1. The van der Waals surface area contributed by atoms with Gasteiger partial charge in [0, 0.05) is 113 Å². The Morgan fingerprint density at radius 1 is 0.814 bits per heavy atom. The molecule has 7 amide bonds.